The molecule has 0 aromatic rings. The van der Waals surface area contributed by atoms with E-state index in [4.69, 9.17) is 14.8 Å². The van der Waals surface area contributed by atoms with Gasteiger partial charge in [-0.3, -0.25) is 4.57 Å². The Morgan fingerprint density at radius 1 is 1.36 bits per heavy atom. The molecule has 0 aliphatic rings. The Morgan fingerprint density at radius 2 is 1.79 bits per heavy atom. The Balaban J connectivity index is 4.63. The largest absolute Gasteiger partial charge is 0.467 e. The van der Waals surface area contributed by atoms with Crippen molar-refractivity contribution in [2.45, 2.75) is 19.6 Å². The lowest BCUT2D eigenvalue weighted by Gasteiger charge is -2.20. The third-order valence-electron chi connectivity index (χ3n) is 1.40. The quantitative estimate of drug-likeness (QED) is 0.529. The predicted molar refractivity (Wildman–Crippen MR) is 50.8 cm³/mol. The second kappa shape index (κ2) is 6.14. The summed E-state index contributed by atoms with van der Waals surface area (Å²) in [7, 11) is -2.42. The molecule has 6 nitrogen and oxygen atoms in total. The van der Waals surface area contributed by atoms with Gasteiger partial charge in [-0.2, -0.15) is 0 Å². The summed E-state index contributed by atoms with van der Waals surface area (Å²) in [6.07, 6.45) is 0. The van der Waals surface area contributed by atoms with Crippen LogP contribution in [-0.2, 0) is 23.1 Å². The van der Waals surface area contributed by atoms with E-state index in [9.17, 15) is 9.36 Å². The second-order valence-electron chi connectivity index (χ2n) is 2.34. The molecule has 0 bridgehead atoms. The summed E-state index contributed by atoms with van der Waals surface area (Å²) in [5, 5.41) is 0. The Labute approximate surface area is 83.2 Å². The summed E-state index contributed by atoms with van der Waals surface area (Å²) in [4.78, 5) is 11.0. The van der Waals surface area contributed by atoms with E-state index < -0.39 is 19.3 Å². The summed E-state index contributed by atoms with van der Waals surface area (Å²) in [5.41, 5.74) is 5.39. The molecule has 2 N–H and O–H groups in total. The van der Waals surface area contributed by atoms with Crippen LogP contribution in [0, 0.1) is 0 Å². The molecule has 0 spiro atoms. The first-order chi connectivity index (χ1) is 6.51. The Morgan fingerprint density at radius 3 is 2.07 bits per heavy atom. The fraction of sp³-hybridized carbons (Fsp3) is 0.857. The number of methoxy groups -OCH3 is 1. The molecule has 0 unspecified atom stereocenters. The van der Waals surface area contributed by atoms with Crippen LogP contribution in [0.3, 0.4) is 0 Å². The van der Waals surface area contributed by atoms with Crippen molar-refractivity contribution in [2.75, 3.05) is 20.3 Å². The van der Waals surface area contributed by atoms with Crippen LogP contribution in [0.2, 0.25) is 0 Å². The molecular weight excluding hydrogens is 209 g/mol. The van der Waals surface area contributed by atoms with Gasteiger partial charge in [0.25, 0.3) is 0 Å². The fourth-order valence-electron chi connectivity index (χ4n) is 0.808. The van der Waals surface area contributed by atoms with Crippen LogP contribution < -0.4 is 5.73 Å². The zero-order valence-electron chi connectivity index (χ0n) is 8.56. The number of hydrogen-bond acceptors (Lipinski definition) is 6. The molecule has 0 amide bonds. The number of nitrogens with two attached hydrogens (primary N) is 1. The minimum absolute atomic E-state index is 0.155. The van der Waals surface area contributed by atoms with Crippen LogP contribution in [0.5, 0.6) is 0 Å². The average molecular weight is 225 g/mol. The van der Waals surface area contributed by atoms with Crippen LogP contribution in [0.4, 0.5) is 0 Å². The van der Waals surface area contributed by atoms with Crippen molar-refractivity contribution in [3.63, 3.8) is 0 Å². The van der Waals surface area contributed by atoms with Gasteiger partial charge < -0.3 is 19.5 Å². The molecule has 0 aliphatic heterocycles. The number of ether oxygens (including phenoxy) is 1. The minimum atomic E-state index is -3.58. The molecule has 7 heteroatoms. The Kier molecular flexibility index (Phi) is 5.95. The first-order valence-electron chi connectivity index (χ1n) is 4.24. The third kappa shape index (κ3) is 3.38. The average Bonchev–Trinajstić information content (AvgIpc) is 2.16. The molecule has 0 saturated carbocycles. The highest BCUT2D eigenvalue weighted by atomic mass is 31.2. The van der Waals surface area contributed by atoms with E-state index in [1.165, 1.54) is 0 Å². The normalized spacial score (nSPS) is 13.7. The topological polar surface area (TPSA) is 87.9 Å². The van der Waals surface area contributed by atoms with Crippen LogP contribution in [0.25, 0.3) is 0 Å². The monoisotopic (exact) mass is 225 g/mol. The molecule has 0 aromatic heterocycles. The molecule has 0 heterocycles. The van der Waals surface area contributed by atoms with Gasteiger partial charge in [0, 0.05) is 0 Å². The minimum Gasteiger partial charge on any atom is -0.467 e. The third-order valence-corrected chi connectivity index (χ3v) is 3.53. The molecule has 0 aromatic carbocycles. The van der Waals surface area contributed by atoms with Crippen molar-refractivity contribution in [3.05, 3.63) is 0 Å². The lowest BCUT2D eigenvalue weighted by atomic mass is 10.7. The number of carbonyl (C=O) groups is 1. The van der Waals surface area contributed by atoms with Gasteiger partial charge in [0.05, 0.1) is 20.3 Å². The molecule has 14 heavy (non-hydrogen) atoms. The molecule has 0 aliphatic carbocycles. The number of rotatable bonds is 6. The highest BCUT2D eigenvalue weighted by molar-refractivity contribution is 7.55. The van der Waals surface area contributed by atoms with Gasteiger partial charge in [0.15, 0.2) is 0 Å². The number of carbonyl (C=O) groups excluding carboxylic acids is 1. The lowest BCUT2D eigenvalue weighted by molar-refractivity contribution is -0.140. The van der Waals surface area contributed by atoms with Gasteiger partial charge in [0.2, 0.25) is 5.78 Å². The van der Waals surface area contributed by atoms with Crippen molar-refractivity contribution in [3.8, 4) is 0 Å². The Hall–Kier alpha value is -0.420. The first kappa shape index (κ1) is 13.6. The van der Waals surface area contributed by atoms with Crippen molar-refractivity contribution in [1.29, 1.82) is 0 Å². The summed E-state index contributed by atoms with van der Waals surface area (Å²) in [6.45, 7) is 3.58. The van der Waals surface area contributed by atoms with Crippen molar-refractivity contribution in [1.82, 2.24) is 0 Å². The summed E-state index contributed by atoms with van der Waals surface area (Å²) in [5.74, 6) is -2.19. The highest BCUT2D eigenvalue weighted by Gasteiger charge is 2.38. The Bertz CT molecular complexity index is 222. The molecule has 0 rings (SSSR count). The smallest absolute Gasteiger partial charge is 0.358 e. The van der Waals surface area contributed by atoms with E-state index in [2.05, 4.69) is 4.74 Å². The molecular formula is C7H16NO5P. The van der Waals surface area contributed by atoms with Gasteiger partial charge in [-0.15, -0.1) is 0 Å². The number of esters is 1. The highest BCUT2D eigenvalue weighted by Crippen LogP contribution is 2.51. The molecule has 1 atom stereocenters. The predicted octanol–water partition coefficient (Wildman–Crippen LogP) is 0.710. The van der Waals surface area contributed by atoms with Gasteiger partial charge in [0.1, 0.15) is 0 Å². The van der Waals surface area contributed by atoms with Gasteiger partial charge in [-0.25, -0.2) is 4.79 Å². The van der Waals surface area contributed by atoms with Gasteiger partial charge in [-0.05, 0) is 13.8 Å². The SMILES string of the molecule is CCOP(=O)(OCC)[C@H](N)C(=O)OC. The van der Waals surface area contributed by atoms with Gasteiger partial charge in [-0.1, -0.05) is 0 Å². The summed E-state index contributed by atoms with van der Waals surface area (Å²) >= 11 is 0. The maximum absolute atomic E-state index is 11.8. The van der Waals surface area contributed by atoms with Gasteiger partial charge >= 0.3 is 13.6 Å². The van der Waals surface area contributed by atoms with E-state index in [1.54, 1.807) is 13.8 Å². The maximum Gasteiger partial charge on any atom is 0.358 e. The zero-order chi connectivity index (χ0) is 11.2. The second-order valence-corrected chi connectivity index (χ2v) is 4.50. The fourth-order valence-corrected chi connectivity index (χ4v) is 2.29. The van der Waals surface area contributed by atoms with E-state index in [0.717, 1.165) is 7.11 Å². The zero-order valence-corrected chi connectivity index (χ0v) is 9.45. The van der Waals surface area contributed by atoms with Crippen molar-refractivity contribution in [2.24, 2.45) is 5.73 Å². The summed E-state index contributed by atoms with van der Waals surface area (Å²) in [6, 6.07) is 0. The summed E-state index contributed by atoms with van der Waals surface area (Å²) < 4.78 is 25.9. The maximum atomic E-state index is 11.8. The van der Waals surface area contributed by atoms with Crippen LogP contribution in [0.1, 0.15) is 13.8 Å². The first-order valence-corrected chi connectivity index (χ1v) is 5.85. The molecule has 0 radical (unpaired) electrons. The van der Waals surface area contributed by atoms with Crippen LogP contribution in [0.15, 0.2) is 0 Å². The lowest BCUT2D eigenvalue weighted by Crippen LogP contribution is -2.33. The van der Waals surface area contributed by atoms with E-state index in [1.807, 2.05) is 0 Å². The van der Waals surface area contributed by atoms with E-state index in [-0.39, 0.29) is 13.2 Å². The van der Waals surface area contributed by atoms with Crippen LogP contribution >= 0.6 is 7.60 Å². The standard InChI is InChI=1S/C7H16NO5P/c1-4-12-14(10,13-5-2)6(8)7(9)11-3/h6H,4-5,8H2,1-3H3/t6-/m0/s1. The molecule has 0 saturated heterocycles. The van der Waals surface area contributed by atoms with Crippen molar-refractivity contribution >= 4 is 13.6 Å². The van der Waals surface area contributed by atoms with Crippen LogP contribution in [-0.4, -0.2) is 32.1 Å². The number of hydrogen-bond donors (Lipinski definition) is 1. The van der Waals surface area contributed by atoms with Crippen molar-refractivity contribution < 1.29 is 23.1 Å². The molecule has 84 valence electrons. The molecule has 0 fully saturated rings. The van der Waals surface area contributed by atoms with E-state index in [0.29, 0.717) is 0 Å². The van der Waals surface area contributed by atoms with E-state index >= 15 is 0 Å².